The topological polar surface area (TPSA) is 76.3 Å². The molecule has 0 radical (unpaired) electrons. The minimum Gasteiger partial charge on any atom is -0.364 e. The van der Waals surface area contributed by atoms with Gasteiger partial charge in [0.1, 0.15) is 0 Å². The molecule has 0 spiro atoms. The highest BCUT2D eigenvalue weighted by Crippen LogP contribution is 2.35. The van der Waals surface area contributed by atoms with Crippen LogP contribution in [0.3, 0.4) is 0 Å². The van der Waals surface area contributed by atoms with E-state index in [1.807, 2.05) is 24.4 Å². The third-order valence-electron chi connectivity index (χ3n) is 4.79. The number of hydrogen-bond acceptors (Lipinski definition) is 4. The monoisotopic (exact) mass is 353 g/mol. The standard InChI is InChI=1S/C19H19N3O2S/c1-13-10-16-11-17(25(20,23)24)7-8-18(16)22(13)12-15-5-2-4-14-6-3-9-21-19(14)15/h2-9,11,13H,10,12H2,1H3,(H2,20,23,24)/t13-/m0/s1. The van der Waals surface area contributed by atoms with Crippen LogP contribution in [0.15, 0.2) is 59.6 Å². The minimum absolute atomic E-state index is 0.173. The Labute approximate surface area is 147 Å². The molecule has 1 atom stereocenters. The van der Waals surface area contributed by atoms with Gasteiger partial charge in [-0.2, -0.15) is 0 Å². The van der Waals surface area contributed by atoms with Crippen LogP contribution in [0.2, 0.25) is 0 Å². The Bertz CT molecular complexity index is 1060. The molecule has 2 heterocycles. The summed E-state index contributed by atoms with van der Waals surface area (Å²) in [4.78, 5) is 7.00. The molecule has 128 valence electrons. The lowest BCUT2D eigenvalue weighted by Gasteiger charge is -2.25. The summed E-state index contributed by atoms with van der Waals surface area (Å²) in [5.41, 5.74) is 4.25. The van der Waals surface area contributed by atoms with Crippen molar-refractivity contribution in [3.63, 3.8) is 0 Å². The van der Waals surface area contributed by atoms with Crippen LogP contribution in [-0.2, 0) is 23.0 Å². The molecular weight excluding hydrogens is 334 g/mol. The fourth-order valence-corrected chi connectivity index (χ4v) is 4.13. The fourth-order valence-electron chi connectivity index (χ4n) is 3.57. The molecule has 0 bridgehead atoms. The number of nitrogens with two attached hydrogens (primary N) is 1. The SMILES string of the molecule is C[C@H]1Cc2cc(S(N)(=O)=O)ccc2N1Cc1cccc2cccnc12. The van der Waals surface area contributed by atoms with Gasteiger partial charge in [-0.1, -0.05) is 24.3 Å². The lowest BCUT2D eigenvalue weighted by molar-refractivity contribution is 0.597. The van der Waals surface area contributed by atoms with E-state index in [9.17, 15) is 8.42 Å². The number of anilines is 1. The van der Waals surface area contributed by atoms with Gasteiger partial charge in [0, 0.05) is 29.9 Å². The number of pyridine rings is 1. The highest BCUT2D eigenvalue weighted by Gasteiger charge is 2.27. The highest BCUT2D eigenvalue weighted by molar-refractivity contribution is 7.89. The largest absolute Gasteiger partial charge is 0.364 e. The van der Waals surface area contributed by atoms with Crippen molar-refractivity contribution in [1.29, 1.82) is 0 Å². The van der Waals surface area contributed by atoms with E-state index in [-0.39, 0.29) is 10.9 Å². The van der Waals surface area contributed by atoms with E-state index in [0.717, 1.165) is 40.7 Å². The van der Waals surface area contributed by atoms with Crippen molar-refractivity contribution < 1.29 is 8.42 Å². The normalized spacial score (nSPS) is 17.0. The molecule has 5 nitrogen and oxygen atoms in total. The molecule has 2 N–H and O–H groups in total. The van der Waals surface area contributed by atoms with Crippen LogP contribution < -0.4 is 10.0 Å². The maximum atomic E-state index is 11.6. The zero-order valence-corrected chi connectivity index (χ0v) is 14.7. The molecule has 1 aliphatic rings. The first-order valence-electron chi connectivity index (χ1n) is 8.18. The highest BCUT2D eigenvalue weighted by atomic mass is 32.2. The first-order chi connectivity index (χ1) is 11.9. The average Bonchev–Trinajstić information content (AvgIpc) is 2.89. The van der Waals surface area contributed by atoms with Gasteiger partial charge >= 0.3 is 0 Å². The van der Waals surface area contributed by atoms with Crippen molar-refractivity contribution in [2.45, 2.75) is 30.8 Å². The molecule has 25 heavy (non-hydrogen) atoms. The third kappa shape index (κ3) is 2.88. The Kier molecular flexibility index (Phi) is 3.74. The van der Waals surface area contributed by atoms with Gasteiger partial charge in [0.2, 0.25) is 10.0 Å². The number of para-hydroxylation sites is 1. The number of benzene rings is 2. The van der Waals surface area contributed by atoms with E-state index in [2.05, 4.69) is 35.0 Å². The summed E-state index contributed by atoms with van der Waals surface area (Å²) < 4.78 is 23.2. The number of rotatable bonds is 3. The van der Waals surface area contributed by atoms with Crippen LogP contribution in [0.4, 0.5) is 5.69 Å². The summed E-state index contributed by atoms with van der Waals surface area (Å²) in [5, 5.41) is 6.38. The van der Waals surface area contributed by atoms with Gasteiger partial charge in [-0.15, -0.1) is 0 Å². The van der Waals surface area contributed by atoms with Crippen molar-refractivity contribution in [1.82, 2.24) is 4.98 Å². The number of nitrogens with zero attached hydrogens (tertiary/aromatic N) is 2. The first-order valence-corrected chi connectivity index (χ1v) is 9.73. The van der Waals surface area contributed by atoms with E-state index in [0.29, 0.717) is 0 Å². The van der Waals surface area contributed by atoms with Crippen molar-refractivity contribution in [3.05, 3.63) is 65.9 Å². The van der Waals surface area contributed by atoms with Crippen molar-refractivity contribution in [2.24, 2.45) is 5.14 Å². The smallest absolute Gasteiger partial charge is 0.238 e. The van der Waals surface area contributed by atoms with Crippen molar-refractivity contribution in [2.75, 3.05) is 4.90 Å². The van der Waals surface area contributed by atoms with E-state index >= 15 is 0 Å². The molecule has 4 rings (SSSR count). The van der Waals surface area contributed by atoms with E-state index in [4.69, 9.17) is 5.14 Å². The lowest BCUT2D eigenvalue weighted by Crippen LogP contribution is -2.28. The molecule has 0 fully saturated rings. The second-order valence-electron chi connectivity index (χ2n) is 6.51. The van der Waals surface area contributed by atoms with Crippen LogP contribution in [0.5, 0.6) is 0 Å². The molecule has 0 amide bonds. The van der Waals surface area contributed by atoms with E-state index in [1.165, 1.54) is 0 Å². The molecule has 0 saturated carbocycles. The van der Waals surface area contributed by atoms with Crippen LogP contribution in [0, 0.1) is 0 Å². The van der Waals surface area contributed by atoms with Crippen LogP contribution in [0.1, 0.15) is 18.1 Å². The Balaban J connectivity index is 1.73. The Morgan fingerprint density at radius 2 is 2.00 bits per heavy atom. The van der Waals surface area contributed by atoms with Gasteiger partial charge in [0.05, 0.1) is 10.4 Å². The summed E-state index contributed by atoms with van der Waals surface area (Å²) in [6.07, 6.45) is 2.61. The van der Waals surface area contributed by atoms with Gasteiger partial charge < -0.3 is 4.90 Å². The summed E-state index contributed by atoms with van der Waals surface area (Å²) >= 11 is 0. The lowest BCUT2D eigenvalue weighted by atomic mass is 10.1. The maximum Gasteiger partial charge on any atom is 0.238 e. The summed E-state index contributed by atoms with van der Waals surface area (Å²) in [7, 11) is -3.68. The number of primary sulfonamides is 1. The molecular formula is C19H19N3O2S. The Morgan fingerprint density at radius 3 is 2.80 bits per heavy atom. The molecule has 3 aromatic rings. The molecule has 0 saturated heterocycles. The second-order valence-corrected chi connectivity index (χ2v) is 8.07. The number of fused-ring (bicyclic) bond motifs is 2. The van der Waals surface area contributed by atoms with Gasteiger partial charge in [0.25, 0.3) is 0 Å². The van der Waals surface area contributed by atoms with E-state index < -0.39 is 10.0 Å². The number of hydrogen-bond donors (Lipinski definition) is 1. The maximum absolute atomic E-state index is 11.6. The summed E-state index contributed by atoms with van der Waals surface area (Å²) in [6.45, 7) is 2.88. The van der Waals surface area contributed by atoms with Crippen molar-refractivity contribution >= 4 is 26.6 Å². The fraction of sp³-hybridized carbons (Fsp3) is 0.211. The van der Waals surface area contributed by atoms with Crippen LogP contribution >= 0.6 is 0 Å². The van der Waals surface area contributed by atoms with Gasteiger partial charge in [-0.25, -0.2) is 13.6 Å². The van der Waals surface area contributed by atoms with Gasteiger partial charge in [-0.05, 0) is 48.7 Å². The molecule has 0 aliphatic carbocycles. The predicted molar refractivity (Wildman–Crippen MR) is 98.9 cm³/mol. The zero-order valence-electron chi connectivity index (χ0n) is 13.9. The quantitative estimate of drug-likeness (QED) is 0.785. The molecule has 2 aromatic carbocycles. The summed E-state index contributed by atoms with van der Waals surface area (Å²) in [5.74, 6) is 0. The molecule has 1 aromatic heterocycles. The zero-order chi connectivity index (χ0) is 17.6. The predicted octanol–water partition coefficient (Wildman–Crippen LogP) is 2.83. The molecule has 6 heteroatoms. The van der Waals surface area contributed by atoms with Crippen molar-refractivity contribution in [3.8, 4) is 0 Å². The molecule has 1 aliphatic heterocycles. The van der Waals surface area contributed by atoms with Crippen LogP contribution in [0.25, 0.3) is 10.9 Å². The number of aromatic nitrogens is 1. The minimum atomic E-state index is -3.68. The van der Waals surface area contributed by atoms with Gasteiger partial charge in [-0.3, -0.25) is 4.98 Å². The second kappa shape index (κ2) is 5.82. The average molecular weight is 353 g/mol. The molecule has 0 unspecified atom stereocenters. The van der Waals surface area contributed by atoms with Gasteiger partial charge in [0.15, 0.2) is 0 Å². The van der Waals surface area contributed by atoms with Crippen LogP contribution in [-0.4, -0.2) is 19.4 Å². The number of sulfonamides is 1. The first kappa shape index (κ1) is 16.1. The summed E-state index contributed by atoms with van der Waals surface area (Å²) in [6, 6.07) is 15.6. The van der Waals surface area contributed by atoms with E-state index in [1.54, 1.807) is 12.1 Å². The Morgan fingerprint density at radius 1 is 1.20 bits per heavy atom. The third-order valence-corrected chi connectivity index (χ3v) is 5.70. The Hall–Kier alpha value is -2.44.